The molecule has 0 bridgehead atoms. The van der Waals surface area contributed by atoms with Crippen LogP contribution in [-0.2, 0) is 6.42 Å². The van der Waals surface area contributed by atoms with Gasteiger partial charge < -0.3 is 0 Å². The van der Waals surface area contributed by atoms with E-state index in [1.165, 1.54) is 28.0 Å². The maximum atomic E-state index is 3.75. The van der Waals surface area contributed by atoms with Crippen molar-refractivity contribution in [3.05, 3.63) is 34.3 Å². The zero-order valence-electron chi connectivity index (χ0n) is 7.75. The maximum Gasteiger partial charge on any atom is 0.0275 e. The lowest BCUT2D eigenvalue weighted by Crippen LogP contribution is -2.14. The highest BCUT2D eigenvalue weighted by molar-refractivity contribution is 9.10. The summed E-state index contributed by atoms with van der Waals surface area (Å²) in [5.41, 5.74) is 1.43. The maximum absolute atomic E-state index is 3.75. The van der Waals surface area contributed by atoms with Gasteiger partial charge in [-0.3, -0.25) is 0 Å². The van der Waals surface area contributed by atoms with Gasteiger partial charge in [0.2, 0.25) is 0 Å². The van der Waals surface area contributed by atoms with Gasteiger partial charge in [0.15, 0.2) is 0 Å². The van der Waals surface area contributed by atoms with Crippen LogP contribution in [0.2, 0.25) is 0 Å². The molecule has 0 saturated carbocycles. The fourth-order valence-electron chi connectivity index (χ4n) is 1.71. The molecule has 1 aliphatic rings. The van der Waals surface area contributed by atoms with Crippen LogP contribution in [0.25, 0.3) is 0 Å². The Balaban J connectivity index is 2.07. The molecule has 0 aliphatic carbocycles. The van der Waals surface area contributed by atoms with Crippen LogP contribution in [0.3, 0.4) is 0 Å². The van der Waals surface area contributed by atoms with Crippen LogP contribution < -0.4 is 0 Å². The van der Waals surface area contributed by atoms with E-state index >= 15 is 0 Å². The monoisotopic (exact) mass is 334 g/mol. The van der Waals surface area contributed by atoms with Crippen LogP contribution in [-0.4, -0.2) is 16.3 Å². The third-order valence-electron chi connectivity index (χ3n) is 2.56. The molecule has 2 unspecified atom stereocenters. The minimum atomic E-state index is 0.694. The van der Waals surface area contributed by atoms with Crippen LogP contribution in [0.1, 0.15) is 5.56 Å². The fourth-order valence-corrected chi connectivity index (χ4v) is 4.62. The Morgan fingerprint density at radius 2 is 2.07 bits per heavy atom. The number of benzene rings is 1. The van der Waals surface area contributed by atoms with Gasteiger partial charge in [0, 0.05) is 15.1 Å². The molecule has 1 saturated heterocycles. The van der Waals surface area contributed by atoms with Gasteiger partial charge in [0.05, 0.1) is 0 Å². The highest BCUT2D eigenvalue weighted by Gasteiger charge is 2.25. The number of hydrogen-bond acceptors (Lipinski definition) is 1. The summed E-state index contributed by atoms with van der Waals surface area (Å²) in [6.45, 7) is 0. The molecule has 14 heavy (non-hydrogen) atoms. The van der Waals surface area contributed by atoms with Crippen molar-refractivity contribution in [2.45, 2.75) is 11.2 Å². The van der Waals surface area contributed by atoms with Gasteiger partial charge in [-0.25, -0.2) is 0 Å². The first-order valence-corrected chi connectivity index (χ1v) is 7.59. The highest BCUT2D eigenvalue weighted by atomic mass is 79.9. The molecule has 0 spiro atoms. The van der Waals surface area contributed by atoms with Crippen molar-refractivity contribution in [3.63, 3.8) is 0 Å². The largest absolute Gasteiger partial charge is 0.160 e. The molecular formula is C11H12Br2S. The zero-order chi connectivity index (χ0) is 9.97. The lowest BCUT2D eigenvalue weighted by molar-refractivity contribution is 0.615. The summed E-state index contributed by atoms with van der Waals surface area (Å²) in [6.07, 6.45) is 1.18. The first-order valence-electron chi connectivity index (χ1n) is 4.72. The molecule has 2 atom stereocenters. The Morgan fingerprint density at radius 3 is 2.71 bits per heavy atom. The lowest BCUT2D eigenvalue weighted by atomic mass is 9.99. The SMILES string of the molecule is Brc1ccccc1CC1CSCC1Br. The van der Waals surface area contributed by atoms with Gasteiger partial charge in [-0.15, -0.1) is 0 Å². The van der Waals surface area contributed by atoms with Gasteiger partial charge in [0.1, 0.15) is 0 Å². The van der Waals surface area contributed by atoms with Crippen molar-refractivity contribution in [3.8, 4) is 0 Å². The van der Waals surface area contributed by atoms with Crippen molar-refractivity contribution in [2.75, 3.05) is 11.5 Å². The van der Waals surface area contributed by atoms with E-state index in [-0.39, 0.29) is 0 Å². The Hall–Kier alpha value is 0.530. The predicted octanol–water partition coefficient (Wildman–Crippen LogP) is 4.12. The minimum Gasteiger partial charge on any atom is -0.160 e. The lowest BCUT2D eigenvalue weighted by Gasteiger charge is -2.13. The quantitative estimate of drug-likeness (QED) is 0.733. The van der Waals surface area contributed by atoms with Gasteiger partial charge >= 0.3 is 0 Å². The van der Waals surface area contributed by atoms with Crippen molar-refractivity contribution in [1.29, 1.82) is 0 Å². The molecular weight excluding hydrogens is 324 g/mol. The van der Waals surface area contributed by atoms with E-state index in [2.05, 4.69) is 67.9 Å². The summed E-state index contributed by atoms with van der Waals surface area (Å²) in [6, 6.07) is 8.53. The van der Waals surface area contributed by atoms with Crippen LogP contribution in [0, 0.1) is 5.92 Å². The zero-order valence-corrected chi connectivity index (χ0v) is 11.7. The van der Waals surface area contributed by atoms with Crippen LogP contribution in [0.4, 0.5) is 0 Å². The van der Waals surface area contributed by atoms with E-state index in [0.717, 1.165) is 5.92 Å². The first-order chi connectivity index (χ1) is 6.77. The van der Waals surface area contributed by atoms with Gasteiger partial charge in [-0.05, 0) is 29.7 Å². The molecule has 1 aromatic rings. The Kier molecular flexibility index (Phi) is 3.97. The van der Waals surface area contributed by atoms with Gasteiger partial charge in [0.25, 0.3) is 0 Å². The van der Waals surface area contributed by atoms with Gasteiger partial charge in [-0.1, -0.05) is 50.1 Å². The molecule has 1 aromatic carbocycles. The Morgan fingerprint density at radius 1 is 1.29 bits per heavy atom. The molecule has 0 radical (unpaired) electrons. The first kappa shape index (κ1) is 11.0. The summed E-state index contributed by atoms with van der Waals surface area (Å²) in [7, 11) is 0. The Labute approximate surface area is 106 Å². The molecule has 76 valence electrons. The summed E-state index contributed by atoms with van der Waals surface area (Å²) in [4.78, 5) is 0.694. The minimum absolute atomic E-state index is 0.694. The number of alkyl halides is 1. The number of hydrogen-bond donors (Lipinski definition) is 0. The standard InChI is InChI=1S/C11H12Br2S/c12-10-4-2-1-3-8(10)5-9-6-14-7-11(9)13/h1-4,9,11H,5-7H2. The Bertz CT molecular complexity index is 314. The fraction of sp³-hybridized carbons (Fsp3) is 0.455. The van der Waals surface area contributed by atoms with E-state index in [0.29, 0.717) is 4.83 Å². The molecule has 0 aromatic heterocycles. The summed E-state index contributed by atoms with van der Waals surface area (Å²) < 4.78 is 1.25. The normalized spacial score (nSPS) is 26.7. The van der Waals surface area contributed by atoms with E-state index < -0.39 is 0 Å². The molecule has 1 fully saturated rings. The van der Waals surface area contributed by atoms with Crippen LogP contribution in [0.5, 0.6) is 0 Å². The smallest absolute Gasteiger partial charge is 0.0275 e. The van der Waals surface area contributed by atoms with E-state index in [1.807, 2.05) is 0 Å². The molecule has 0 amide bonds. The second-order valence-corrected chi connectivity index (χ2v) is 6.71. The number of thioether (sulfide) groups is 1. The van der Waals surface area contributed by atoms with Crippen LogP contribution in [0.15, 0.2) is 28.7 Å². The predicted molar refractivity (Wildman–Crippen MR) is 71.4 cm³/mol. The highest BCUT2D eigenvalue weighted by Crippen LogP contribution is 2.33. The molecule has 1 heterocycles. The average molecular weight is 336 g/mol. The van der Waals surface area contributed by atoms with E-state index in [1.54, 1.807) is 0 Å². The van der Waals surface area contributed by atoms with Crippen LogP contribution >= 0.6 is 43.6 Å². The van der Waals surface area contributed by atoms with Crippen molar-refractivity contribution >= 4 is 43.6 Å². The second-order valence-electron chi connectivity index (χ2n) is 3.61. The van der Waals surface area contributed by atoms with E-state index in [9.17, 15) is 0 Å². The topological polar surface area (TPSA) is 0 Å². The third-order valence-corrected chi connectivity index (χ3v) is 6.09. The summed E-state index contributed by atoms with van der Waals surface area (Å²) in [5.74, 6) is 3.34. The number of rotatable bonds is 2. The summed E-state index contributed by atoms with van der Waals surface area (Å²) >= 11 is 9.41. The van der Waals surface area contributed by atoms with E-state index in [4.69, 9.17) is 0 Å². The average Bonchev–Trinajstić information content (AvgIpc) is 2.56. The number of halogens is 2. The molecule has 0 N–H and O–H groups in total. The second kappa shape index (κ2) is 5.04. The molecule has 1 aliphatic heterocycles. The van der Waals surface area contributed by atoms with Crippen molar-refractivity contribution in [2.24, 2.45) is 5.92 Å². The van der Waals surface area contributed by atoms with Crippen molar-refractivity contribution in [1.82, 2.24) is 0 Å². The summed E-state index contributed by atoms with van der Waals surface area (Å²) in [5, 5.41) is 0. The molecule has 3 heteroatoms. The molecule has 0 nitrogen and oxygen atoms in total. The third kappa shape index (κ3) is 2.56. The van der Waals surface area contributed by atoms with Gasteiger partial charge in [-0.2, -0.15) is 11.8 Å². The molecule has 2 rings (SSSR count). The van der Waals surface area contributed by atoms with Crippen molar-refractivity contribution < 1.29 is 0 Å².